The lowest BCUT2D eigenvalue weighted by Crippen LogP contribution is -2.01. The number of nitrogens with two attached hydrogens (primary N) is 1. The van der Waals surface area contributed by atoms with E-state index < -0.39 is 0 Å². The van der Waals surface area contributed by atoms with E-state index in [1.165, 1.54) is 0 Å². The molecule has 2 rings (SSSR count). The Labute approximate surface area is 125 Å². The number of benzene rings is 2. The molecular formula is C14H13BrClNO2. The molecule has 0 aliphatic carbocycles. The summed E-state index contributed by atoms with van der Waals surface area (Å²) in [4.78, 5) is 0. The van der Waals surface area contributed by atoms with Gasteiger partial charge < -0.3 is 15.2 Å². The van der Waals surface area contributed by atoms with Crippen LogP contribution in [0.5, 0.6) is 11.5 Å². The molecule has 0 radical (unpaired) electrons. The monoisotopic (exact) mass is 341 g/mol. The SMILES string of the molecule is COc1ccc(Br)cc1COc1c(N)cccc1Cl. The number of para-hydroxylation sites is 1. The third-order valence-electron chi connectivity index (χ3n) is 2.61. The molecule has 0 bridgehead atoms. The highest BCUT2D eigenvalue weighted by atomic mass is 79.9. The number of nitrogen functional groups attached to an aromatic ring is 1. The zero-order valence-electron chi connectivity index (χ0n) is 10.3. The highest BCUT2D eigenvalue weighted by Crippen LogP contribution is 2.32. The summed E-state index contributed by atoms with van der Waals surface area (Å²) in [5.41, 5.74) is 7.26. The van der Waals surface area contributed by atoms with Gasteiger partial charge in [-0.1, -0.05) is 33.6 Å². The first-order chi connectivity index (χ1) is 9.11. The Morgan fingerprint density at radius 3 is 2.74 bits per heavy atom. The van der Waals surface area contributed by atoms with Crippen LogP contribution in [0.3, 0.4) is 0 Å². The van der Waals surface area contributed by atoms with Crippen molar-refractivity contribution in [2.45, 2.75) is 6.61 Å². The maximum absolute atomic E-state index is 6.06. The molecule has 0 aliphatic rings. The van der Waals surface area contributed by atoms with Gasteiger partial charge in [0.05, 0.1) is 17.8 Å². The van der Waals surface area contributed by atoms with E-state index in [0.29, 0.717) is 23.1 Å². The summed E-state index contributed by atoms with van der Waals surface area (Å²) < 4.78 is 11.9. The first-order valence-electron chi connectivity index (χ1n) is 5.61. The fourth-order valence-corrected chi connectivity index (χ4v) is 2.33. The molecule has 0 heterocycles. The number of hydrogen-bond donors (Lipinski definition) is 1. The minimum absolute atomic E-state index is 0.330. The van der Waals surface area contributed by atoms with Gasteiger partial charge in [0.2, 0.25) is 0 Å². The number of halogens is 2. The number of hydrogen-bond acceptors (Lipinski definition) is 3. The number of rotatable bonds is 4. The van der Waals surface area contributed by atoms with Crippen molar-refractivity contribution in [2.24, 2.45) is 0 Å². The van der Waals surface area contributed by atoms with Crippen molar-refractivity contribution < 1.29 is 9.47 Å². The Kier molecular flexibility index (Phi) is 4.56. The van der Waals surface area contributed by atoms with Gasteiger partial charge in [0, 0.05) is 10.0 Å². The van der Waals surface area contributed by atoms with Crippen molar-refractivity contribution in [1.29, 1.82) is 0 Å². The second-order valence-electron chi connectivity index (χ2n) is 3.90. The summed E-state index contributed by atoms with van der Waals surface area (Å²) in [5.74, 6) is 1.25. The van der Waals surface area contributed by atoms with E-state index in [9.17, 15) is 0 Å². The fourth-order valence-electron chi connectivity index (χ4n) is 1.69. The lowest BCUT2D eigenvalue weighted by Gasteiger charge is -2.13. The average Bonchev–Trinajstić information content (AvgIpc) is 2.38. The van der Waals surface area contributed by atoms with Crippen LogP contribution in [0.25, 0.3) is 0 Å². The summed E-state index contributed by atoms with van der Waals surface area (Å²) in [6.45, 7) is 0.330. The lowest BCUT2D eigenvalue weighted by molar-refractivity contribution is 0.298. The van der Waals surface area contributed by atoms with Crippen LogP contribution >= 0.6 is 27.5 Å². The highest BCUT2D eigenvalue weighted by Gasteiger charge is 2.09. The largest absolute Gasteiger partial charge is 0.496 e. The third-order valence-corrected chi connectivity index (χ3v) is 3.40. The Morgan fingerprint density at radius 1 is 1.26 bits per heavy atom. The van der Waals surface area contributed by atoms with Crippen molar-refractivity contribution >= 4 is 33.2 Å². The number of anilines is 1. The predicted octanol–water partition coefficient (Wildman–Crippen LogP) is 4.27. The topological polar surface area (TPSA) is 44.5 Å². The van der Waals surface area contributed by atoms with Crippen molar-refractivity contribution in [2.75, 3.05) is 12.8 Å². The van der Waals surface area contributed by atoms with Gasteiger partial charge >= 0.3 is 0 Å². The van der Waals surface area contributed by atoms with Gasteiger partial charge in [-0.2, -0.15) is 0 Å². The van der Waals surface area contributed by atoms with E-state index in [0.717, 1.165) is 15.8 Å². The Balaban J connectivity index is 2.21. The summed E-state index contributed by atoms with van der Waals surface area (Å²) in [5, 5.41) is 0.494. The molecule has 2 aromatic rings. The van der Waals surface area contributed by atoms with Crippen LogP contribution in [-0.4, -0.2) is 7.11 Å². The molecule has 19 heavy (non-hydrogen) atoms. The minimum atomic E-state index is 0.330. The van der Waals surface area contributed by atoms with Crippen LogP contribution in [0.1, 0.15) is 5.56 Å². The Morgan fingerprint density at radius 2 is 2.05 bits per heavy atom. The van der Waals surface area contributed by atoms with Crippen LogP contribution in [0, 0.1) is 0 Å². The molecule has 0 saturated heterocycles. The molecule has 0 unspecified atom stereocenters. The molecule has 0 saturated carbocycles. The zero-order chi connectivity index (χ0) is 13.8. The molecule has 0 amide bonds. The van der Waals surface area contributed by atoms with E-state index in [1.54, 1.807) is 25.3 Å². The summed E-state index contributed by atoms with van der Waals surface area (Å²) in [7, 11) is 1.62. The maximum Gasteiger partial charge on any atom is 0.161 e. The molecule has 2 aromatic carbocycles. The lowest BCUT2D eigenvalue weighted by atomic mass is 10.2. The van der Waals surface area contributed by atoms with Gasteiger partial charge in [0.25, 0.3) is 0 Å². The Hall–Kier alpha value is -1.39. The van der Waals surface area contributed by atoms with Crippen molar-refractivity contribution in [3.63, 3.8) is 0 Å². The highest BCUT2D eigenvalue weighted by molar-refractivity contribution is 9.10. The molecule has 0 atom stereocenters. The van der Waals surface area contributed by atoms with E-state index in [1.807, 2.05) is 18.2 Å². The van der Waals surface area contributed by atoms with Crippen molar-refractivity contribution in [1.82, 2.24) is 0 Å². The predicted molar refractivity (Wildman–Crippen MR) is 80.9 cm³/mol. The van der Waals surface area contributed by atoms with E-state index in [-0.39, 0.29) is 0 Å². The first kappa shape index (κ1) is 14.0. The van der Waals surface area contributed by atoms with Gasteiger partial charge in [-0.25, -0.2) is 0 Å². The van der Waals surface area contributed by atoms with Crippen LogP contribution < -0.4 is 15.2 Å². The molecule has 3 nitrogen and oxygen atoms in total. The number of ether oxygens (including phenoxy) is 2. The molecule has 100 valence electrons. The maximum atomic E-state index is 6.06. The fraction of sp³-hybridized carbons (Fsp3) is 0.143. The first-order valence-corrected chi connectivity index (χ1v) is 6.78. The molecule has 5 heteroatoms. The molecule has 0 aliphatic heterocycles. The third kappa shape index (κ3) is 3.33. The quantitative estimate of drug-likeness (QED) is 0.844. The standard InChI is InChI=1S/C14H13BrClNO2/c1-18-13-6-5-10(15)7-9(13)8-19-14-11(16)3-2-4-12(14)17/h2-7H,8,17H2,1H3. The van der Waals surface area contributed by atoms with Crippen LogP contribution in [0.15, 0.2) is 40.9 Å². The van der Waals surface area contributed by atoms with Crippen LogP contribution in [0.4, 0.5) is 5.69 Å². The van der Waals surface area contributed by atoms with Crippen molar-refractivity contribution in [3.05, 3.63) is 51.5 Å². The number of methoxy groups -OCH3 is 1. The second kappa shape index (κ2) is 6.17. The molecular weight excluding hydrogens is 330 g/mol. The molecule has 2 N–H and O–H groups in total. The van der Waals surface area contributed by atoms with Crippen molar-refractivity contribution in [3.8, 4) is 11.5 Å². The zero-order valence-corrected chi connectivity index (χ0v) is 12.7. The van der Waals surface area contributed by atoms with Gasteiger partial charge in [-0.15, -0.1) is 0 Å². The van der Waals surface area contributed by atoms with Gasteiger partial charge in [0.1, 0.15) is 12.4 Å². The molecule has 0 aromatic heterocycles. The van der Waals surface area contributed by atoms with Gasteiger partial charge in [-0.3, -0.25) is 0 Å². The van der Waals surface area contributed by atoms with E-state index >= 15 is 0 Å². The van der Waals surface area contributed by atoms with Gasteiger partial charge in [-0.05, 0) is 30.3 Å². The van der Waals surface area contributed by atoms with E-state index in [4.69, 9.17) is 26.8 Å². The average molecular weight is 343 g/mol. The summed E-state index contributed by atoms with van der Waals surface area (Å²) in [6, 6.07) is 11.0. The smallest absolute Gasteiger partial charge is 0.161 e. The van der Waals surface area contributed by atoms with Gasteiger partial charge in [0.15, 0.2) is 5.75 Å². The van der Waals surface area contributed by atoms with Crippen LogP contribution in [0.2, 0.25) is 5.02 Å². The Bertz CT molecular complexity index is 569. The second-order valence-corrected chi connectivity index (χ2v) is 5.23. The summed E-state index contributed by atoms with van der Waals surface area (Å²) >= 11 is 9.47. The van der Waals surface area contributed by atoms with Crippen LogP contribution in [-0.2, 0) is 6.61 Å². The molecule has 0 spiro atoms. The van der Waals surface area contributed by atoms with E-state index in [2.05, 4.69) is 15.9 Å². The summed E-state index contributed by atoms with van der Waals surface area (Å²) in [6.07, 6.45) is 0. The minimum Gasteiger partial charge on any atom is -0.496 e. The molecule has 0 fully saturated rings. The normalized spacial score (nSPS) is 10.3.